The maximum absolute atomic E-state index is 13.2. The number of hydrogen-bond acceptors (Lipinski definition) is 2. The van der Waals surface area contributed by atoms with Crippen molar-refractivity contribution in [3.63, 3.8) is 0 Å². The summed E-state index contributed by atoms with van der Waals surface area (Å²) in [5.41, 5.74) is 2.33. The Hall–Kier alpha value is -2.60. The molecule has 2 N–H and O–H groups in total. The SMILES string of the molecule is CNC(=O)N1CCC[C@@H](c2cccc(C(=O)NCc3ccc(F)c(Cl)c3)c2)C1. The zero-order chi connectivity index (χ0) is 20.1. The van der Waals surface area contributed by atoms with E-state index < -0.39 is 5.82 Å². The van der Waals surface area contributed by atoms with Crippen LogP contribution in [-0.2, 0) is 6.54 Å². The molecule has 148 valence electrons. The van der Waals surface area contributed by atoms with Gasteiger partial charge in [0.05, 0.1) is 5.02 Å². The van der Waals surface area contributed by atoms with Gasteiger partial charge >= 0.3 is 6.03 Å². The number of hydrogen-bond donors (Lipinski definition) is 2. The van der Waals surface area contributed by atoms with E-state index in [-0.39, 0.29) is 29.4 Å². The topological polar surface area (TPSA) is 61.4 Å². The van der Waals surface area contributed by atoms with E-state index in [4.69, 9.17) is 11.6 Å². The highest BCUT2D eigenvalue weighted by atomic mass is 35.5. The highest BCUT2D eigenvalue weighted by Crippen LogP contribution is 2.27. The van der Waals surface area contributed by atoms with Crippen LogP contribution in [0.1, 0.15) is 40.2 Å². The second kappa shape index (κ2) is 9.06. The van der Waals surface area contributed by atoms with Crippen molar-refractivity contribution in [2.24, 2.45) is 0 Å². The lowest BCUT2D eigenvalue weighted by Gasteiger charge is -2.32. The first-order valence-corrected chi connectivity index (χ1v) is 9.64. The molecule has 5 nitrogen and oxygen atoms in total. The van der Waals surface area contributed by atoms with E-state index in [1.54, 1.807) is 24.1 Å². The maximum Gasteiger partial charge on any atom is 0.317 e. The highest BCUT2D eigenvalue weighted by molar-refractivity contribution is 6.30. The van der Waals surface area contributed by atoms with Crippen molar-refractivity contribution in [3.05, 3.63) is 70.0 Å². The van der Waals surface area contributed by atoms with E-state index in [1.807, 2.05) is 18.2 Å². The number of carbonyl (C=O) groups is 2. The smallest absolute Gasteiger partial charge is 0.317 e. The lowest BCUT2D eigenvalue weighted by molar-refractivity contribution is 0.0950. The molecule has 2 aromatic carbocycles. The summed E-state index contributed by atoms with van der Waals surface area (Å²) in [5.74, 6) is -0.487. The van der Waals surface area contributed by atoms with Gasteiger partial charge in [-0.2, -0.15) is 0 Å². The van der Waals surface area contributed by atoms with Crippen LogP contribution in [-0.4, -0.2) is 37.0 Å². The van der Waals surface area contributed by atoms with Gasteiger partial charge in [0.15, 0.2) is 0 Å². The quantitative estimate of drug-likeness (QED) is 0.812. The molecular formula is C21H23ClFN3O2. The van der Waals surface area contributed by atoms with E-state index in [9.17, 15) is 14.0 Å². The number of carbonyl (C=O) groups excluding carboxylic acids is 2. The maximum atomic E-state index is 13.2. The highest BCUT2D eigenvalue weighted by Gasteiger charge is 2.24. The lowest BCUT2D eigenvalue weighted by atomic mass is 9.89. The molecule has 1 atom stereocenters. The molecule has 7 heteroatoms. The zero-order valence-electron chi connectivity index (χ0n) is 15.7. The Balaban J connectivity index is 1.65. The number of nitrogens with zero attached hydrogens (tertiary/aromatic N) is 1. The molecule has 1 saturated heterocycles. The summed E-state index contributed by atoms with van der Waals surface area (Å²) >= 11 is 5.78. The third kappa shape index (κ3) is 4.81. The molecule has 1 fully saturated rings. The average molecular weight is 404 g/mol. The minimum atomic E-state index is -0.484. The van der Waals surface area contributed by atoms with Crippen LogP contribution in [0, 0.1) is 5.82 Å². The van der Waals surface area contributed by atoms with Crippen molar-refractivity contribution >= 4 is 23.5 Å². The summed E-state index contributed by atoms with van der Waals surface area (Å²) in [5, 5.41) is 5.53. The van der Waals surface area contributed by atoms with Crippen LogP contribution in [0.4, 0.5) is 9.18 Å². The number of piperidine rings is 1. The van der Waals surface area contributed by atoms with E-state index in [0.29, 0.717) is 12.1 Å². The van der Waals surface area contributed by atoms with Crippen molar-refractivity contribution in [2.45, 2.75) is 25.3 Å². The van der Waals surface area contributed by atoms with E-state index in [1.165, 1.54) is 12.1 Å². The fourth-order valence-corrected chi connectivity index (χ4v) is 3.66. The molecule has 0 bridgehead atoms. The average Bonchev–Trinajstić information content (AvgIpc) is 2.74. The van der Waals surface area contributed by atoms with Gasteiger partial charge in [-0.15, -0.1) is 0 Å². The van der Waals surface area contributed by atoms with Gasteiger partial charge in [0.1, 0.15) is 5.82 Å². The largest absolute Gasteiger partial charge is 0.348 e. The van der Waals surface area contributed by atoms with E-state index in [0.717, 1.165) is 30.5 Å². The number of amides is 3. The molecule has 28 heavy (non-hydrogen) atoms. The second-order valence-corrected chi connectivity index (χ2v) is 7.30. The number of benzene rings is 2. The Bertz CT molecular complexity index is 874. The molecule has 0 unspecified atom stereocenters. The molecule has 0 radical (unpaired) electrons. The molecule has 0 spiro atoms. The minimum Gasteiger partial charge on any atom is -0.348 e. The predicted octanol–water partition coefficient (Wildman–Crippen LogP) is 3.93. The summed E-state index contributed by atoms with van der Waals surface area (Å²) in [6.07, 6.45) is 1.91. The fourth-order valence-electron chi connectivity index (χ4n) is 3.46. The van der Waals surface area contributed by atoms with E-state index in [2.05, 4.69) is 10.6 Å². The summed E-state index contributed by atoms with van der Waals surface area (Å²) in [4.78, 5) is 26.2. The Morgan fingerprint density at radius 3 is 2.82 bits per heavy atom. The first-order chi connectivity index (χ1) is 13.5. The summed E-state index contributed by atoms with van der Waals surface area (Å²) in [6.45, 7) is 1.65. The molecule has 1 aliphatic rings. The van der Waals surface area contributed by atoms with Gasteiger partial charge in [-0.25, -0.2) is 9.18 Å². The molecule has 0 saturated carbocycles. The van der Waals surface area contributed by atoms with Gasteiger partial charge in [0, 0.05) is 38.2 Å². The summed E-state index contributed by atoms with van der Waals surface area (Å²) in [7, 11) is 1.63. The molecule has 0 aliphatic carbocycles. The van der Waals surface area contributed by atoms with Gasteiger partial charge in [-0.05, 0) is 48.2 Å². The first-order valence-electron chi connectivity index (χ1n) is 9.26. The van der Waals surface area contributed by atoms with Gasteiger partial charge in [0.25, 0.3) is 5.91 Å². The minimum absolute atomic E-state index is 0.0340. The Morgan fingerprint density at radius 2 is 2.07 bits per heavy atom. The molecular weight excluding hydrogens is 381 g/mol. The van der Waals surface area contributed by atoms with Crippen LogP contribution < -0.4 is 10.6 Å². The van der Waals surface area contributed by atoms with Gasteiger partial charge in [0.2, 0.25) is 0 Å². The first kappa shape index (κ1) is 20.1. The second-order valence-electron chi connectivity index (χ2n) is 6.90. The number of nitrogens with one attached hydrogen (secondary N) is 2. The standard InChI is InChI=1S/C21H23ClFN3O2/c1-24-21(28)26-9-3-6-17(13-26)15-4-2-5-16(11-15)20(27)25-12-14-7-8-19(23)18(22)10-14/h2,4-5,7-8,10-11,17H,3,6,9,12-13H2,1H3,(H,24,28)(H,25,27)/t17-/m1/s1. The van der Waals surface area contributed by atoms with E-state index >= 15 is 0 Å². The summed E-state index contributed by atoms with van der Waals surface area (Å²) < 4.78 is 13.2. The third-order valence-electron chi connectivity index (χ3n) is 4.98. The van der Waals surface area contributed by atoms with Crippen molar-refractivity contribution in [1.82, 2.24) is 15.5 Å². The van der Waals surface area contributed by atoms with Crippen molar-refractivity contribution in [3.8, 4) is 0 Å². The number of likely N-dealkylation sites (tertiary alicyclic amines) is 1. The molecule has 1 aliphatic heterocycles. The monoisotopic (exact) mass is 403 g/mol. The molecule has 3 rings (SSSR count). The van der Waals surface area contributed by atoms with Gasteiger partial charge in [-0.3, -0.25) is 4.79 Å². The van der Waals surface area contributed by atoms with Gasteiger partial charge < -0.3 is 15.5 Å². The fraction of sp³-hybridized carbons (Fsp3) is 0.333. The molecule has 1 heterocycles. The zero-order valence-corrected chi connectivity index (χ0v) is 16.4. The van der Waals surface area contributed by atoms with Gasteiger partial charge in [-0.1, -0.05) is 29.8 Å². The molecule has 2 aromatic rings. The van der Waals surface area contributed by atoms with Crippen LogP contribution in [0.15, 0.2) is 42.5 Å². The lowest BCUT2D eigenvalue weighted by Crippen LogP contribution is -2.43. The van der Waals surface area contributed by atoms with Crippen LogP contribution in [0.5, 0.6) is 0 Å². The van der Waals surface area contributed by atoms with Crippen LogP contribution in [0.25, 0.3) is 0 Å². The van der Waals surface area contributed by atoms with Crippen LogP contribution in [0.3, 0.4) is 0 Å². The number of urea groups is 1. The van der Waals surface area contributed by atoms with Crippen molar-refractivity contribution in [2.75, 3.05) is 20.1 Å². The Labute approximate surface area is 168 Å². The van der Waals surface area contributed by atoms with Crippen LogP contribution in [0.2, 0.25) is 5.02 Å². The van der Waals surface area contributed by atoms with Crippen LogP contribution >= 0.6 is 11.6 Å². The predicted molar refractivity (Wildman–Crippen MR) is 107 cm³/mol. The van der Waals surface area contributed by atoms with Crippen molar-refractivity contribution in [1.29, 1.82) is 0 Å². The summed E-state index contributed by atoms with van der Waals surface area (Å²) in [6, 6.07) is 11.8. The Kier molecular flexibility index (Phi) is 6.52. The third-order valence-corrected chi connectivity index (χ3v) is 5.27. The normalized spacial score (nSPS) is 16.5. The number of halogens is 2. The number of rotatable bonds is 4. The van der Waals surface area contributed by atoms with Crippen molar-refractivity contribution < 1.29 is 14.0 Å². The molecule has 3 amide bonds. The molecule has 0 aromatic heterocycles. The Morgan fingerprint density at radius 1 is 1.25 bits per heavy atom.